The molecular formula is C17H16N2O. The van der Waals surface area contributed by atoms with Crippen LogP contribution >= 0.6 is 0 Å². The van der Waals surface area contributed by atoms with Gasteiger partial charge in [-0.1, -0.05) is 36.4 Å². The van der Waals surface area contributed by atoms with Gasteiger partial charge in [-0.2, -0.15) is 0 Å². The van der Waals surface area contributed by atoms with E-state index in [2.05, 4.69) is 5.43 Å². The molecule has 0 radical (unpaired) electrons. The number of rotatable bonds is 2. The van der Waals surface area contributed by atoms with Crippen molar-refractivity contribution in [2.75, 3.05) is 5.43 Å². The number of amides is 1. The molecule has 0 fully saturated rings. The molecular weight excluding hydrogens is 248 g/mol. The predicted molar refractivity (Wildman–Crippen MR) is 81.5 cm³/mol. The van der Waals surface area contributed by atoms with E-state index in [9.17, 15) is 4.79 Å². The fourth-order valence-electron chi connectivity index (χ4n) is 2.43. The van der Waals surface area contributed by atoms with Crippen LogP contribution < -0.4 is 5.43 Å². The third kappa shape index (κ3) is 2.07. The normalized spacial score (nSPS) is 10.7. The molecule has 0 aliphatic heterocycles. The lowest BCUT2D eigenvalue weighted by Gasteiger charge is -2.12. The number of aromatic nitrogens is 1. The number of fused-ring (bicyclic) bond motifs is 1. The Kier molecular flexibility index (Phi) is 3.03. The SMILES string of the molecule is Cc1ccc(C)n1NC(=O)c1cccc2ccccc12. The van der Waals surface area contributed by atoms with Gasteiger partial charge in [-0.3, -0.25) is 14.9 Å². The second-order valence-corrected chi connectivity index (χ2v) is 4.92. The fourth-order valence-corrected chi connectivity index (χ4v) is 2.43. The Morgan fingerprint density at radius 3 is 2.30 bits per heavy atom. The van der Waals surface area contributed by atoms with Gasteiger partial charge >= 0.3 is 0 Å². The van der Waals surface area contributed by atoms with Crippen molar-refractivity contribution < 1.29 is 4.79 Å². The first-order valence-corrected chi connectivity index (χ1v) is 6.61. The second kappa shape index (κ2) is 4.85. The van der Waals surface area contributed by atoms with E-state index in [1.54, 1.807) is 0 Å². The van der Waals surface area contributed by atoms with Crippen molar-refractivity contribution in [3.8, 4) is 0 Å². The van der Waals surface area contributed by atoms with Crippen molar-refractivity contribution in [2.24, 2.45) is 0 Å². The van der Waals surface area contributed by atoms with Crippen LogP contribution in [0.4, 0.5) is 0 Å². The van der Waals surface area contributed by atoms with Gasteiger partial charge in [-0.05, 0) is 42.8 Å². The van der Waals surface area contributed by atoms with Crippen LogP contribution in [0.5, 0.6) is 0 Å². The van der Waals surface area contributed by atoms with Gasteiger partial charge in [-0.25, -0.2) is 0 Å². The first-order chi connectivity index (χ1) is 9.66. The Morgan fingerprint density at radius 2 is 1.55 bits per heavy atom. The molecule has 0 aliphatic carbocycles. The average Bonchev–Trinajstić information content (AvgIpc) is 2.78. The van der Waals surface area contributed by atoms with Crippen molar-refractivity contribution in [2.45, 2.75) is 13.8 Å². The molecule has 1 N–H and O–H groups in total. The molecule has 3 rings (SSSR count). The second-order valence-electron chi connectivity index (χ2n) is 4.92. The highest BCUT2D eigenvalue weighted by Crippen LogP contribution is 2.18. The number of hydrogen-bond acceptors (Lipinski definition) is 1. The summed E-state index contributed by atoms with van der Waals surface area (Å²) < 4.78 is 1.81. The summed E-state index contributed by atoms with van der Waals surface area (Å²) in [7, 11) is 0. The zero-order valence-electron chi connectivity index (χ0n) is 11.6. The fraction of sp³-hybridized carbons (Fsp3) is 0.118. The number of benzene rings is 2. The average molecular weight is 264 g/mol. The summed E-state index contributed by atoms with van der Waals surface area (Å²) >= 11 is 0. The van der Waals surface area contributed by atoms with E-state index in [4.69, 9.17) is 0 Å². The highest BCUT2D eigenvalue weighted by Gasteiger charge is 2.11. The van der Waals surface area contributed by atoms with Crippen LogP contribution in [0.2, 0.25) is 0 Å². The van der Waals surface area contributed by atoms with Crippen molar-refractivity contribution in [3.05, 3.63) is 71.5 Å². The van der Waals surface area contributed by atoms with Crippen molar-refractivity contribution in [1.82, 2.24) is 4.68 Å². The first-order valence-electron chi connectivity index (χ1n) is 6.61. The molecule has 0 aliphatic rings. The Bertz CT molecular complexity index is 762. The zero-order chi connectivity index (χ0) is 14.1. The molecule has 3 nitrogen and oxygen atoms in total. The maximum Gasteiger partial charge on any atom is 0.270 e. The lowest BCUT2D eigenvalue weighted by atomic mass is 10.0. The quantitative estimate of drug-likeness (QED) is 0.753. The largest absolute Gasteiger partial charge is 0.270 e. The topological polar surface area (TPSA) is 34.0 Å². The third-order valence-electron chi connectivity index (χ3n) is 3.52. The van der Waals surface area contributed by atoms with Crippen LogP contribution in [0.25, 0.3) is 10.8 Å². The van der Waals surface area contributed by atoms with E-state index in [0.29, 0.717) is 5.56 Å². The van der Waals surface area contributed by atoms with Crippen molar-refractivity contribution >= 4 is 16.7 Å². The van der Waals surface area contributed by atoms with Crippen molar-refractivity contribution in [1.29, 1.82) is 0 Å². The highest BCUT2D eigenvalue weighted by molar-refractivity contribution is 6.10. The summed E-state index contributed by atoms with van der Waals surface area (Å²) in [4.78, 5) is 12.5. The van der Waals surface area contributed by atoms with Crippen LogP contribution in [0.15, 0.2) is 54.6 Å². The number of carbonyl (C=O) groups is 1. The molecule has 0 spiro atoms. The number of nitrogens with zero attached hydrogens (tertiary/aromatic N) is 1. The molecule has 0 atom stereocenters. The first kappa shape index (κ1) is 12.5. The standard InChI is InChI=1S/C17H16N2O/c1-12-10-11-13(2)19(12)18-17(20)16-9-5-7-14-6-3-4-8-15(14)16/h3-11H,1-2H3,(H,18,20). The van der Waals surface area contributed by atoms with Gasteiger partial charge < -0.3 is 0 Å². The molecule has 0 unspecified atom stereocenters. The third-order valence-corrected chi connectivity index (χ3v) is 3.52. The number of aryl methyl sites for hydroxylation is 2. The van der Waals surface area contributed by atoms with Gasteiger partial charge in [-0.15, -0.1) is 0 Å². The Hall–Kier alpha value is -2.55. The lowest BCUT2D eigenvalue weighted by Crippen LogP contribution is -2.24. The van der Waals surface area contributed by atoms with Gasteiger partial charge in [0.25, 0.3) is 5.91 Å². The van der Waals surface area contributed by atoms with Gasteiger partial charge in [0.1, 0.15) is 0 Å². The van der Waals surface area contributed by atoms with E-state index in [1.165, 1.54) is 0 Å². The minimum Gasteiger partial charge on any atom is -0.267 e. The van der Waals surface area contributed by atoms with Gasteiger partial charge in [0, 0.05) is 17.0 Å². The smallest absolute Gasteiger partial charge is 0.267 e. The molecule has 100 valence electrons. The molecule has 0 saturated carbocycles. The van der Waals surface area contributed by atoms with E-state index in [1.807, 2.05) is 73.1 Å². The summed E-state index contributed by atoms with van der Waals surface area (Å²) in [5.41, 5.74) is 5.66. The van der Waals surface area contributed by atoms with Crippen LogP contribution in [0, 0.1) is 13.8 Å². The van der Waals surface area contributed by atoms with Gasteiger partial charge in [0.05, 0.1) is 0 Å². The van der Waals surface area contributed by atoms with Crippen LogP contribution in [-0.4, -0.2) is 10.6 Å². The minimum absolute atomic E-state index is 0.0933. The Labute approximate surface area is 117 Å². The molecule has 0 bridgehead atoms. The maximum absolute atomic E-state index is 12.5. The van der Waals surface area contributed by atoms with Crippen LogP contribution in [0.1, 0.15) is 21.7 Å². The molecule has 20 heavy (non-hydrogen) atoms. The van der Waals surface area contributed by atoms with Gasteiger partial charge in [0.2, 0.25) is 0 Å². The van der Waals surface area contributed by atoms with Gasteiger partial charge in [0.15, 0.2) is 0 Å². The molecule has 1 aromatic heterocycles. The maximum atomic E-state index is 12.5. The van der Waals surface area contributed by atoms with Crippen LogP contribution in [-0.2, 0) is 0 Å². The summed E-state index contributed by atoms with van der Waals surface area (Å²) in [5, 5.41) is 2.04. The summed E-state index contributed by atoms with van der Waals surface area (Å²) in [6.07, 6.45) is 0. The summed E-state index contributed by atoms with van der Waals surface area (Å²) in [6, 6.07) is 17.7. The highest BCUT2D eigenvalue weighted by atomic mass is 16.2. The van der Waals surface area contributed by atoms with E-state index >= 15 is 0 Å². The lowest BCUT2D eigenvalue weighted by molar-refractivity contribution is 0.101. The Morgan fingerprint density at radius 1 is 0.900 bits per heavy atom. The van der Waals surface area contributed by atoms with E-state index in [0.717, 1.165) is 22.2 Å². The molecule has 2 aromatic carbocycles. The zero-order valence-corrected chi connectivity index (χ0v) is 11.6. The molecule has 3 heteroatoms. The van der Waals surface area contributed by atoms with Crippen LogP contribution in [0.3, 0.4) is 0 Å². The monoisotopic (exact) mass is 264 g/mol. The number of hydrogen-bond donors (Lipinski definition) is 1. The predicted octanol–water partition coefficient (Wildman–Crippen LogP) is 3.64. The molecule has 3 aromatic rings. The minimum atomic E-state index is -0.0933. The molecule has 1 heterocycles. The van der Waals surface area contributed by atoms with Crippen molar-refractivity contribution in [3.63, 3.8) is 0 Å². The van der Waals surface area contributed by atoms with E-state index < -0.39 is 0 Å². The molecule has 0 saturated heterocycles. The summed E-state index contributed by atoms with van der Waals surface area (Å²) in [5.74, 6) is -0.0933. The molecule has 1 amide bonds. The number of carbonyl (C=O) groups excluding carboxylic acids is 1. The Balaban J connectivity index is 2.01. The number of nitrogens with one attached hydrogen (secondary N) is 1. The summed E-state index contributed by atoms with van der Waals surface area (Å²) in [6.45, 7) is 3.94. The van der Waals surface area contributed by atoms with E-state index in [-0.39, 0.29) is 5.91 Å².